The van der Waals surface area contributed by atoms with E-state index in [4.69, 9.17) is 4.74 Å². The predicted molar refractivity (Wildman–Crippen MR) is 134 cm³/mol. The van der Waals surface area contributed by atoms with Crippen LogP contribution in [-0.2, 0) is 4.74 Å². The van der Waals surface area contributed by atoms with Crippen LogP contribution >= 0.6 is 0 Å². The topological polar surface area (TPSA) is 29.5 Å². The van der Waals surface area contributed by atoms with Crippen LogP contribution in [-0.4, -0.2) is 24.4 Å². The number of rotatable bonds is 7. The van der Waals surface area contributed by atoms with Gasteiger partial charge in [0.15, 0.2) is 0 Å². The monoisotopic (exact) mass is 444 g/mol. The molecule has 0 aromatic rings. The highest BCUT2D eigenvalue weighted by molar-refractivity contribution is 5.28. The molecular weight excluding hydrogens is 392 g/mol. The van der Waals surface area contributed by atoms with Crippen LogP contribution in [0.5, 0.6) is 0 Å². The summed E-state index contributed by atoms with van der Waals surface area (Å²) in [6.07, 6.45) is 15.3. The van der Waals surface area contributed by atoms with Crippen molar-refractivity contribution in [1.29, 1.82) is 0 Å². The van der Waals surface area contributed by atoms with Gasteiger partial charge in [-0.3, -0.25) is 0 Å². The van der Waals surface area contributed by atoms with Gasteiger partial charge < -0.3 is 9.84 Å². The predicted octanol–water partition coefficient (Wildman–Crippen LogP) is 7.65. The van der Waals surface area contributed by atoms with Crippen molar-refractivity contribution in [3.05, 3.63) is 11.6 Å². The summed E-state index contributed by atoms with van der Waals surface area (Å²) >= 11 is 0. The molecule has 2 nitrogen and oxygen atoms in total. The van der Waals surface area contributed by atoms with Gasteiger partial charge in [-0.1, -0.05) is 66.0 Å². The van der Waals surface area contributed by atoms with Gasteiger partial charge in [0.25, 0.3) is 0 Å². The molecule has 32 heavy (non-hydrogen) atoms. The van der Waals surface area contributed by atoms with E-state index in [-0.39, 0.29) is 17.6 Å². The number of fused-ring (bicyclic) bond motifs is 5. The molecule has 184 valence electrons. The standard InChI is InChI=1S/C30H52O2/c1-8-21(19(2)3)10-9-20(4)24-11-12-25-28-26(14-16-30(24,25)6)29(5)15-13-23(31)17-22(29)18-27(28)32-7/h18-21,23-28,31H,8-17H2,1-7H3/t20-,21-,23+,24?,25?,26?,27+,28?,29+,30-/m1/s1. The zero-order chi connectivity index (χ0) is 23.3. The summed E-state index contributed by atoms with van der Waals surface area (Å²) in [5.74, 6) is 5.62. The second-order valence-electron chi connectivity index (χ2n) is 13.2. The number of methoxy groups -OCH3 is 1. The second-order valence-corrected chi connectivity index (χ2v) is 13.2. The van der Waals surface area contributed by atoms with Crippen molar-refractivity contribution in [3.63, 3.8) is 0 Å². The highest BCUT2D eigenvalue weighted by atomic mass is 16.5. The van der Waals surface area contributed by atoms with E-state index in [0.717, 1.165) is 54.8 Å². The van der Waals surface area contributed by atoms with Crippen LogP contribution < -0.4 is 0 Å². The van der Waals surface area contributed by atoms with Crippen LogP contribution in [0.25, 0.3) is 0 Å². The quantitative estimate of drug-likeness (QED) is 0.409. The highest BCUT2D eigenvalue weighted by Crippen LogP contribution is 2.67. The normalized spacial score (nSPS) is 45.6. The van der Waals surface area contributed by atoms with E-state index in [0.29, 0.717) is 11.3 Å². The Morgan fingerprint density at radius 2 is 1.78 bits per heavy atom. The van der Waals surface area contributed by atoms with Crippen molar-refractivity contribution in [2.24, 2.45) is 52.3 Å². The SMILES string of the molecule is CC[C@H](CC[C@@H](C)C1CCC2C3C(CC[C@@]21C)[C@@]1(C)CC[C@H](O)CC1=C[C@@H]3OC)C(C)C. The van der Waals surface area contributed by atoms with Crippen molar-refractivity contribution >= 4 is 0 Å². The number of aliphatic hydroxyl groups is 1. The van der Waals surface area contributed by atoms with Crippen molar-refractivity contribution in [2.75, 3.05) is 7.11 Å². The molecule has 0 spiro atoms. The van der Waals surface area contributed by atoms with Crippen LogP contribution in [0.3, 0.4) is 0 Å². The largest absolute Gasteiger partial charge is 0.393 e. The van der Waals surface area contributed by atoms with E-state index < -0.39 is 0 Å². The first kappa shape index (κ1) is 24.8. The zero-order valence-corrected chi connectivity index (χ0v) is 22.2. The van der Waals surface area contributed by atoms with Crippen LogP contribution in [0.1, 0.15) is 106 Å². The third-order valence-electron chi connectivity index (χ3n) is 11.6. The molecule has 0 amide bonds. The van der Waals surface area contributed by atoms with Gasteiger partial charge in [0.1, 0.15) is 0 Å². The van der Waals surface area contributed by atoms with Gasteiger partial charge in [-0.15, -0.1) is 0 Å². The lowest BCUT2D eigenvalue weighted by Crippen LogP contribution is -2.55. The van der Waals surface area contributed by atoms with E-state index >= 15 is 0 Å². The van der Waals surface area contributed by atoms with Crippen molar-refractivity contribution < 1.29 is 9.84 Å². The summed E-state index contributed by atoms with van der Waals surface area (Å²) in [7, 11) is 1.93. The highest BCUT2D eigenvalue weighted by Gasteiger charge is 2.61. The molecule has 10 atom stereocenters. The molecule has 3 saturated carbocycles. The number of aliphatic hydroxyl groups excluding tert-OH is 1. The number of hydrogen-bond donors (Lipinski definition) is 1. The summed E-state index contributed by atoms with van der Waals surface area (Å²) in [6.45, 7) is 15.0. The van der Waals surface area contributed by atoms with E-state index in [2.05, 4.69) is 47.6 Å². The van der Waals surface area contributed by atoms with Gasteiger partial charge in [0, 0.05) is 7.11 Å². The molecule has 4 rings (SSSR count). The molecule has 0 aliphatic heterocycles. The Balaban J connectivity index is 1.54. The third-order valence-corrected chi connectivity index (χ3v) is 11.6. The lowest BCUT2D eigenvalue weighted by molar-refractivity contribution is -0.106. The van der Waals surface area contributed by atoms with E-state index in [9.17, 15) is 5.11 Å². The molecule has 0 bridgehead atoms. The third kappa shape index (κ3) is 4.04. The van der Waals surface area contributed by atoms with Crippen molar-refractivity contribution in [3.8, 4) is 0 Å². The Labute approximate surface area is 199 Å². The van der Waals surface area contributed by atoms with Crippen LogP contribution in [0.15, 0.2) is 11.6 Å². The Morgan fingerprint density at radius 1 is 1.03 bits per heavy atom. The van der Waals surface area contributed by atoms with E-state index in [1.54, 1.807) is 0 Å². The lowest BCUT2D eigenvalue weighted by Gasteiger charge is -2.60. The molecule has 4 unspecified atom stereocenters. The van der Waals surface area contributed by atoms with Gasteiger partial charge in [-0.2, -0.15) is 0 Å². The molecule has 0 radical (unpaired) electrons. The minimum absolute atomic E-state index is 0.147. The molecule has 0 heterocycles. The van der Waals surface area contributed by atoms with Gasteiger partial charge in [0.05, 0.1) is 12.2 Å². The summed E-state index contributed by atoms with van der Waals surface area (Å²) in [5.41, 5.74) is 2.28. The molecule has 0 saturated heterocycles. The fourth-order valence-electron chi connectivity index (χ4n) is 9.49. The molecule has 0 aromatic heterocycles. The Morgan fingerprint density at radius 3 is 2.44 bits per heavy atom. The van der Waals surface area contributed by atoms with Crippen LogP contribution in [0.2, 0.25) is 0 Å². The Hall–Kier alpha value is -0.340. The maximum Gasteiger partial charge on any atom is 0.0788 e. The summed E-state index contributed by atoms with van der Waals surface area (Å²) in [6, 6.07) is 0. The molecule has 4 aliphatic carbocycles. The van der Waals surface area contributed by atoms with Gasteiger partial charge in [-0.25, -0.2) is 0 Å². The maximum absolute atomic E-state index is 10.4. The fourth-order valence-corrected chi connectivity index (χ4v) is 9.49. The Bertz CT molecular complexity index is 682. The van der Waals surface area contributed by atoms with Crippen molar-refractivity contribution in [2.45, 2.75) is 118 Å². The maximum atomic E-state index is 10.4. The minimum Gasteiger partial charge on any atom is -0.393 e. The lowest BCUT2D eigenvalue weighted by atomic mass is 9.46. The van der Waals surface area contributed by atoms with Gasteiger partial charge >= 0.3 is 0 Å². The molecular formula is C30H52O2. The minimum atomic E-state index is -0.147. The summed E-state index contributed by atoms with van der Waals surface area (Å²) < 4.78 is 6.20. The molecule has 0 aromatic carbocycles. The first-order chi connectivity index (χ1) is 15.2. The van der Waals surface area contributed by atoms with E-state index in [1.807, 2.05) is 7.11 Å². The number of hydrogen-bond acceptors (Lipinski definition) is 2. The molecule has 3 fully saturated rings. The summed E-state index contributed by atoms with van der Waals surface area (Å²) in [4.78, 5) is 0. The zero-order valence-electron chi connectivity index (χ0n) is 22.2. The fraction of sp³-hybridized carbons (Fsp3) is 0.933. The van der Waals surface area contributed by atoms with Gasteiger partial charge in [-0.05, 0) is 104 Å². The van der Waals surface area contributed by atoms with E-state index in [1.165, 1.54) is 50.5 Å². The average Bonchev–Trinajstić information content (AvgIpc) is 3.11. The smallest absolute Gasteiger partial charge is 0.0788 e. The molecule has 2 heteroatoms. The van der Waals surface area contributed by atoms with Crippen LogP contribution in [0, 0.1) is 52.3 Å². The first-order valence-electron chi connectivity index (χ1n) is 14.1. The molecule has 4 aliphatic rings. The average molecular weight is 445 g/mol. The van der Waals surface area contributed by atoms with Crippen LogP contribution in [0.4, 0.5) is 0 Å². The first-order valence-corrected chi connectivity index (χ1v) is 14.1. The Kier molecular flexibility index (Phi) is 7.25. The number of ether oxygens (including phenoxy) is 1. The molecule has 1 N–H and O–H groups in total. The van der Waals surface area contributed by atoms with Gasteiger partial charge in [0.2, 0.25) is 0 Å². The van der Waals surface area contributed by atoms with Crippen molar-refractivity contribution in [1.82, 2.24) is 0 Å². The summed E-state index contributed by atoms with van der Waals surface area (Å²) in [5, 5.41) is 10.4. The second kappa shape index (κ2) is 9.37.